The molecule has 0 aromatic heterocycles. The van der Waals surface area contributed by atoms with Crippen molar-refractivity contribution in [2.24, 2.45) is 0 Å². The van der Waals surface area contributed by atoms with Gasteiger partial charge in [0, 0.05) is 6.54 Å². The molecule has 5 nitrogen and oxygen atoms in total. The van der Waals surface area contributed by atoms with Crippen LogP contribution in [0.3, 0.4) is 0 Å². The molecule has 0 aliphatic heterocycles. The first-order valence-electron chi connectivity index (χ1n) is 3.74. The lowest BCUT2D eigenvalue weighted by Crippen LogP contribution is -2.16. The van der Waals surface area contributed by atoms with E-state index in [-0.39, 0.29) is 12.4 Å². The smallest absolute Gasteiger partial charge is 0.264 e. The van der Waals surface area contributed by atoms with E-state index in [2.05, 4.69) is 5.32 Å². The summed E-state index contributed by atoms with van der Waals surface area (Å²) < 4.78 is 26.9. The Labute approximate surface area is 73.5 Å². The molecule has 0 unspecified atom stereocenters. The van der Waals surface area contributed by atoms with Crippen LogP contribution in [0.2, 0.25) is 0 Å². The second-order valence-corrected chi connectivity index (χ2v) is 3.69. The molecule has 0 heterocycles. The highest BCUT2D eigenvalue weighted by atomic mass is 32.2. The third-order valence-corrected chi connectivity index (χ3v) is 1.63. The molecule has 0 saturated heterocycles. The molecule has 6 heteroatoms. The third-order valence-electron chi connectivity index (χ3n) is 0.903. The molecule has 0 rings (SSSR count). The van der Waals surface area contributed by atoms with Crippen LogP contribution in [0.4, 0.5) is 0 Å². The Morgan fingerprint density at radius 1 is 1.33 bits per heavy atom. The van der Waals surface area contributed by atoms with Gasteiger partial charge in [-0.05, 0) is 13.5 Å². The molecule has 0 saturated carbocycles. The number of hydrogen-bond donors (Lipinski definition) is 3. The van der Waals surface area contributed by atoms with Gasteiger partial charge in [0.25, 0.3) is 10.1 Å². The molecule has 0 aliphatic carbocycles. The van der Waals surface area contributed by atoms with Crippen molar-refractivity contribution in [2.75, 3.05) is 25.4 Å². The Bertz CT molecular complexity index is 162. The lowest BCUT2D eigenvalue weighted by Gasteiger charge is -1.91. The summed E-state index contributed by atoms with van der Waals surface area (Å²) in [7, 11) is -3.66. The summed E-state index contributed by atoms with van der Waals surface area (Å²) in [4.78, 5) is 0. The lowest BCUT2D eigenvalue weighted by molar-refractivity contribution is 0.293. The second kappa shape index (κ2) is 8.92. The molecular formula is C6H17NO4S. The second-order valence-electron chi connectivity index (χ2n) is 1.95. The topological polar surface area (TPSA) is 86.6 Å². The predicted molar refractivity (Wildman–Crippen MR) is 47.7 cm³/mol. The van der Waals surface area contributed by atoms with Gasteiger partial charge in [0.05, 0.1) is 12.4 Å². The Kier molecular flexibility index (Phi) is 10.7. The van der Waals surface area contributed by atoms with E-state index in [0.29, 0.717) is 0 Å². The van der Waals surface area contributed by atoms with Gasteiger partial charge in [-0.25, -0.2) is 0 Å². The van der Waals surface area contributed by atoms with Gasteiger partial charge in [-0.1, -0.05) is 6.92 Å². The number of hydrogen-bond acceptors (Lipinski definition) is 4. The SMILES string of the molecule is CCNCCO.CCS(=O)(=O)O. The average Bonchev–Trinajstić information content (AvgIpc) is 2.01. The monoisotopic (exact) mass is 199 g/mol. The summed E-state index contributed by atoms with van der Waals surface area (Å²) in [5.41, 5.74) is 0. The number of aliphatic hydroxyl groups excluding tert-OH is 1. The molecule has 12 heavy (non-hydrogen) atoms. The summed E-state index contributed by atoms with van der Waals surface area (Å²) >= 11 is 0. The Balaban J connectivity index is 0. The van der Waals surface area contributed by atoms with Gasteiger partial charge in [-0.15, -0.1) is 0 Å². The van der Waals surface area contributed by atoms with E-state index in [0.717, 1.165) is 13.1 Å². The molecule has 76 valence electrons. The van der Waals surface area contributed by atoms with Crippen molar-refractivity contribution in [1.29, 1.82) is 0 Å². The van der Waals surface area contributed by atoms with E-state index in [9.17, 15) is 8.42 Å². The third kappa shape index (κ3) is 22.5. The highest BCUT2D eigenvalue weighted by Crippen LogP contribution is 1.74. The van der Waals surface area contributed by atoms with E-state index >= 15 is 0 Å². The summed E-state index contributed by atoms with van der Waals surface area (Å²) in [6, 6.07) is 0. The largest absolute Gasteiger partial charge is 0.395 e. The van der Waals surface area contributed by atoms with Gasteiger partial charge in [0.1, 0.15) is 0 Å². The van der Waals surface area contributed by atoms with Crippen molar-refractivity contribution < 1.29 is 18.1 Å². The fourth-order valence-electron chi connectivity index (χ4n) is 0.256. The van der Waals surface area contributed by atoms with Crippen LogP contribution < -0.4 is 5.32 Å². The van der Waals surface area contributed by atoms with Gasteiger partial charge >= 0.3 is 0 Å². The van der Waals surface area contributed by atoms with Gasteiger partial charge in [-0.3, -0.25) is 4.55 Å². The summed E-state index contributed by atoms with van der Waals surface area (Å²) in [5.74, 6) is -0.201. The molecule has 0 spiro atoms. The molecule has 0 aromatic carbocycles. The maximum Gasteiger partial charge on any atom is 0.264 e. The molecule has 0 amide bonds. The van der Waals surface area contributed by atoms with Crippen molar-refractivity contribution in [3.8, 4) is 0 Å². The molecule has 0 bridgehead atoms. The van der Waals surface area contributed by atoms with Gasteiger partial charge in [-0.2, -0.15) is 8.42 Å². The van der Waals surface area contributed by atoms with Crippen LogP contribution in [0.15, 0.2) is 0 Å². The quantitative estimate of drug-likeness (QED) is 0.419. The molecule has 0 atom stereocenters. The lowest BCUT2D eigenvalue weighted by atomic mass is 10.6. The highest BCUT2D eigenvalue weighted by Gasteiger charge is 1.93. The number of nitrogens with one attached hydrogen (secondary N) is 1. The number of aliphatic hydroxyl groups is 1. The first-order valence-corrected chi connectivity index (χ1v) is 5.35. The zero-order valence-corrected chi connectivity index (χ0v) is 8.26. The van der Waals surface area contributed by atoms with Crippen LogP contribution in [-0.4, -0.2) is 43.5 Å². The first kappa shape index (κ1) is 14.4. The summed E-state index contributed by atoms with van der Waals surface area (Å²) in [5, 5.41) is 11.1. The summed E-state index contributed by atoms with van der Waals surface area (Å²) in [6.07, 6.45) is 0. The zero-order chi connectivity index (χ0) is 10.0. The minimum absolute atomic E-state index is 0.201. The fourth-order valence-corrected chi connectivity index (χ4v) is 0.256. The van der Waals surface area contributed by atoms with Crippen molar-refractivity contribution in [2.45, 2.75) is 13.8 Å². The van der Waals surface area contributed by atoms with Gasteiger partial charge in [0.2, 0.25) is 0 Å². The van der Waals surface area contributed by atoms with E-state index in [1.54, 1.807) is 0 Å². The van der Waals surface area contributed by atoms with Crippen LogP contribution in [0.5, 0.6) is 0 Å². The molecule has 0 fully saturated rings. The van der Waals surface area contributed by atoms with E-state index < -0.39 is 10.1 Å². The Morgan fingerprint density at radius 2 is 1.75 bits per heavy atom. The van der Waals surface area contributed by atoms with E-state index in [4.69, 9.17) is 9.66 Å². The van der Waals surface area contributed by atoms with Crippen molar-refractivity contribution in [3.05, 3.63) is 0 Å². The molecule has 0 aliphatic rings. The predicted octanol–water partition coefficient (Wildman–Crippen LogP) is -0.518. The van der Waals surface area contributed by atoms with Crippen molar-refractivity contribution in [1.82, 2.24) is 5.32 Å². The average molecular weight is 199 g/mol. The van der Waals surface area contributed by atoms with Crippen LogP contribution in [0.1, 0.15) is 13.8 Å². The minimum atomic E-state index is -3.66. The molecular weight excluding hydrogens is 182 g/mol. The van der Waals surface area contributed by atoms with Crippen LogP contribution in [0.25, 0.3) is 0 Å². The van der Waals surface area contributed by atoms with Gasteiger partial charge < -0.3 is 10.4 Å². The maximum absolute atomic E-state index is 9.56. The summed E-state index contributed by atoms with van der Waals surface area (Å²) in [6.45, 7) is 5.29. The molecule has 0 radical (unpaired) electrons. The zero-order valence-electron chi connectivity index (χ0n) is 7.45. The fraction of sp³-hybridized carbons (Fsp3) is 1.00. The number of likely N-dealkylation sites (N-methyl/N-ethyl adjacent to an activating group) is 1. The van der Waals surface area contributed by atoms with Crippen molar-refractivity contribution in [3.63, 3.8) is 0 Å². The molecule has 3 N–H and O–H groups in total. The normalized spacial score (nSPS) is 10.3. The van der Waals surface area contributed by atoms with Crippen LogP contribution in [0, 0.1) is 0 Å². The van der Waals surface area contributed by atoms with Crippen molar-refractivity contribution >= 4 is 10.1 Å². The van der Waals surface area contributed by atoms with Crippen LogP contribution in [-0.2, 0) is 10.1 Å². The number of rotatable bonds is 4. The van der Waals surface area contributed by atoms with E-state index in [1.165, 1.54) is 6.92 Å². The Morgan fingerprint density at radius 3 is 1.83 bits per heavy atom. The molecule has 0 aromatic rings. The first-order chi connectivity index (χ1) is 5.47. The highest BCUT2D eigenvalue weighted by molar-refractivity contribution is 7.85. The van der Waals surface area contributed by atoms with Crippen LogP contribution >= 0.6 is 0 Å². The van der Waals surface area contributed by atoms with E-state index in [1.807, 2.05) is 6.92 Å². The Hall–Kier alpha value is -0.170. The standard InChI is InChI=1S/C4H11NO.C2H6O3S/c1-2-5-3-4-6;1-2-6(3,4)5/h5-6H,2-4H2,1H3;2H2,1H3,(H,3,4,5). The van der Waals surface area contributed by atoms with Gasteiger partial charge in [0.15, 0.2) is 0 Å². The maximum atomic E-state index is 9.56. The minimum Gasteiger partial charge on any atom is -0.395 e.